The Morgan fingerprint density at radius 1 is 1.40 bits per heavy atom. The topological polar surface area (TPSA) is 41.1 Å². The summed E-state index contributed by atoms with van der Waals surface area (Å²) in [6, 6.07) is -0.654. The summed E-state index contributed by atoms with van der Waals surface area (Å²) in [5, 5.41) is 5.24. The minimum absolute atomic E-state index is 0. The number of nitrogens with one attached hydrogen (secondary N) is 2. The molecule has 0 amide bonds. The van der Waals surface area contributed by atoms with Crippen LogP contribution in [0.5, 0.6) is 0 Å². The van der Waals surface area contributed by atoms with Crippen LogP contribution in [-0.4, -0.2) is 31.7 Å². The maximum absolute atomic E-state index is 12.4. The van der Waals surface area contributed by atoms with Crippen LogP contribution in [0.4, 0.5) is 4.39 Å². The van der Waals surface area contributed by atoms with Crippen LogP contribution < -0.4 is 10.6 Å². The van der Waals surface area contributed by atoms with Gasteiger partial charge in [0, 0.05) is 13.1 Å². The lowest BCUT2D eigenvalue weighted by Gasteiger charge is -2.23. The van der Waals surface area contributed by atoms with Crippen LogP contribution in [0.1, 0.15) is 0 Å². The van der Waals surface area contributed by atoms with Crippen LogP contribution in [-0.2, 0) is 4.79 Å². The lowest BCUT2D eigenvalue weighted by molar-refractivity contribution is -0.111. The van der Waals surface area contributed by atoms with Crippen LogP contribution >= 0.6 is 12.4 Å². The lowest BCUT2D eigenvalue weighted by Crippen LogP contribution is -2.54. The van der Waals surface area contributed by atoms with E-state index in [0.29, 0.717) is 19.4 Å². The Morgan fingerprint density at radius 3 is 2.40 bits per heavy atom. The number of rotatable bonds is 1. The highest BCUT2D eigenvalue weighted by Crippen LogP contribution is 1.95. The predicted octanol–water partition coefficient (Wildman–Crippen LogP) is -0.536. The third kappa shape index (κ3) is 2.21. The molecule has 2 atom stereocenters. The zero-order valence-corrected chi connectivity index (χ0v) is 6.16. The summed E-state index contributed by atoms with van der Waals surface area (Å²) >= 11 is 0. The van der Waals surface area contributed by atoms with Crippen molar-refractivity contribution in [2.75, 3.05) is 13.1 Å². The third-order valence-electron chi connectivity index (χ3n) is 1.31. The molecule has 2 N–H and O–H groups in total. The highest BCUT2D eigenvalue weighted by molar-refractivity contribution is 5.85. The Labute approximate surface area is 64.8 Å². The molecule has 1 rings (SSSR count). The van der Waals surface area contributed by atoms with Gasteiger partial charge in [-0.3, -0.25) is 5.32 Å². The van der Waals surface area contributed by atoms with Crippen LogP contribution in [0.15, 0.2) is 0 Å². The van der Waals surface area contributed by atoms with Gasteiger partial charge in [-0.15, -0.1) is 12.4 Å². The zero-order chi connectivity index (χ0) is 6.69. The summed E-state index contributed by atoms with van der Waals surface area (Å²) in [4.78, 5) is 10.0. The first-order valence-corrected chi connectivity index (χ1v) is 2.91. The quantitative estimate of drug-likeness (QED) is 0.409. The van der Waals surface area contributed by atoms with Gasteiger partial charge in [-0.25, -0.2) is 4.39 Å². The zero-order valence-electron chi connectivity index (χ0n) is 5.34. The minimum Gasteiger partial charge on any atom is -0.303 e. The first kappa shape index (κ1) is 9.81. The summed E-state index contributed by atoms with van der Waals surface area (Å²) in [7, 11) is 0. The summed E-state index contributed by atoms with van der Waals surface area (Å²) in [5.74, 6) is 0. The molecule has 5 heteroatoms. The fraction of sp³-hybridized carbons (Fsp3) is 0.800. The molecule has 0 aromatic rings. The molecule has 1 unspecified atom stereocenters. The number of hydrogen-bond acceptors (Lipinski definition) is 3. The summed E-state index contributed by atoms with van der Waals surface area (Å²) in [5.41, 5.74) is 0. The number of carbonyl (C=O) groups excluding carboxylic acids is 1. The predicted molar refractivity (Wildman–Crippen MR) is 38.0 cm³/mol. The Kier molecular flexibility index (Phi) is 4.51. The average molecular weight is 169 g/mol. The summed E-state index contributed by atoms with van der Waals surface area (Å²) in [6.45, 7) is 1.25. The van der Waals surface area contributed by atoms with E-state index in [0.717, 1.165) is 0 Å². The number of carbonyl (C=O) groups is 1. The largest absolute Gasteiger partial charge is 0.303 e. The number of piperazine rings is 1. The first-order valence-electron chi connectivity index (χ1n) is 2.91. The van der Waals surface area contributed by atoms with Gasteiger partial charge in [-0.2, -0.15) is 0 Å². The molecule has 0 aromatic carbocycles. The normalized spacial score (nSPS) is 32.5. The highest BCUT2D eigenvalue weighted by atomic mass is 35.5. The molecule has 60 valence electrons. The SMILES string of the molecule is Cl.O=CC1NCCN[C@H]1F. The van der Waals surface area contributed by atoms with Crippen LogP contribution in [0.25, 0.3) is 0 Å². The summed E-state index contributed by atoms with van der Waals surface area (Å²) < 4.78 is 12.4. The molecule has 0 bridgehead atoms. The van der Waals surface area contributed by atoms with Crippen LogP contribution in [0, 0.1) is 0 Å². The van der Waals surface area contributed by atoms with Crippen molar-refractivity contribution >= 4 is 18.7 Å². The Hall–Kier alpha value is -0.190. The molecule has 0 spiro atoms. The van der Waals surface area contributed by atoms with E-state index in [4.69, 9.17) is 0 Å². The second kappa shape index (κ2) is 4.60. The van der Waals surface area contributed by atoms with E-state index in [1.807, 2.05) is 0 Å². The van der Waals surface area contributed by atoms with Crippen molar-refractivity contribution in [3.05, 3.63) is 0 Å². The van der Waals surface area contributed by atoms with E-state index < -0.39 is 12.3 Å². The van der Waals surface area contributed by atoms with Crippen molar-refractivity contribution < 1.29 is 9.18 Å². The van der Waals surface area contributed by atoms with Gasteiger partial charge >= 0.3 is 0 Å². The number of halogens is 2. The molecule has 0 aromatic heterocycles. The molecule has 1 saturated heterocycles. The summed E-state index contributed by atoms with van der Waals surface area (Å²) in [6.07, 6.45) is -0.632. The van der Waals surface area contributed by atoms with Gasteiger partial charge in [-0.1, -0.05) is 0 Å². The molecular weight excluding hydrogens is 159 g/mol. The van der Waals surface area contributed by atoms with E-state index in [2.05, 4.69) is 10.6 Å². The van der Waals surface area contributed by atoms with Crippen molar-refractivity contribution in [2.24, 2.45) is 0 Å². The Morgan fingerprint density at radius 2 is 2.00 bits per heavy atom. The molecule has 1 heterocycles. The number of aldehydes is 1. The molecule has 1 aliphatic heterocycles. The Balaban J connectivity index is 0.000000810. The van der Waals surface area contributed by atoms with Crippen LogP contribution in [0.2, 0.25) is 0 Å². The molecule has 1 aliphatic rings. The monoisotopic (exact) mass is 168 g/mol. The Bertz CT molecular complexity index is 114. The third-order valence-corrected chi connectivity index (χ3v) is 1.31. The lowest BCUT2D eigenvalue weighted by atomic mass is 10.2. The second-order valence-corrected chi connectivity index (χ2v) is 1.97. The molecule has 0 aliphatic carbocycles. The van der Waals surface area contributed by atoms with Crippen molar-refractivity contribution in [3.8, 4) is 0 Å². The fourth-order valence-corrected chi connectivity index (χ4v) is 0.796. The smallest absolute Gasteiger partial charge is 0.173 e. The molecule has 0 saturated carbocycles. The van der Waals surface area contributed by atoms with Crippen molar-refractivity contribution in [1.29, 1.82) is 0 Å². The number of alkyl halides is 1. The van der Waals surface area contributed by atoms with E-state index in [9.17, 15) is 9.18 Å². The minimum atomic E-state index is -1.21. The van der Waals surface area contributed by atoms with E-state index >= 15 is 0 Å². The van der Waals surface area contributed by atoms with Gasteiger partial charge in [0.2, 0.25) is 0 Å². The standard InChI is InChI=1S/C5H9FN2O.ClH/c6-5-4(3-9)7-1-2-8-5;/h3-5,7-8H,1-2H2;1H/t4?,5-;/m1./s1. The average Bonchev–Trinajstić information content (AvgIpc) is 1.89. The van der Waals surface area contributed by atoms with Crippen molar-refractivity contribution in [3.63, 3.8) is 0 Å². The van der Waals surface area contributed by atoms with Crippen molar-refractivity contribution in [2.45, 2.75) is 12.3 Å². The van der Waals surface area contributed by atoms with Gasteiger partial charge < -0.3 is 10.1 Å². The van der Waals surface area contributed by atoms with Crippen molar-refractivity contribution in [1.82, 2.24) is 10.6 Å². The van der Waals surface area contributed by atoms with Crippen LogP contribution in [0.3, 0.4) is 0 Å². The molecule has 3 nitrogen and oxygen atoms in total. The maximum Gasteiger partial charge on any atom is 0.173 e. The van der Waals surface area contributed by atoms with Gasteiger partial charge in [0.15, 0.2) is 6.30 Å². The second-order valence-electron chi connectivity index (χ2n) is 1.97. The first-order chi connectivity index (χ1) is 4.34. The number of hydrogen-bond donors (Lipinski definition) is 2. The van der Waals surface area contributed by atoms with Gasteiger partial charge in [0.05, 0.1) is 0 Å². The highest BCUT2D eigenvalue weighted by Gasteiger charge is 2.22. The van der Waals surface area contributed by atoms with Gasteiger partial charge in [0.25, 0.3) is 0 Å². The maximum atomic E-state index is 12.4. The van der Waals surface area contributed by atoms with Gasteiger partial charge in [0.1, 0.15) is 12.3 Å². The van der Waals surface area contributed by atoms with E-state index in [1.54, 1.807) is 0 Å². The molecule has 10 heavy (non-hydrogen) atoms. The van der Waals surface area contributed by atoms with E-state index in [1.165, 1.54) is 0 Å². The van der Waals surface area contributed by atoms with E-state index in [-0.39, 0.29) is 12.4 Å². The molecule has 0 radical (unpaired) electrons. The fourth-order valence-electron chi connectivity index (χ4n) is 0.796. The molecule has 1 fully saturated rings. The molecular formula is C5H10ClFN2O. The van der Waals surface area contributed by atoms with Gasteiger partial charge in [-0.05, 0) is 0 Å².